The maximum Gasteiger partial charge on any atom is 0.181 e. The number of nitrogens with zero attached hydrogens (tertiary/aromatic N) is 1. The normalized spacial score (nSPS) is 20.8. The van der Waals surface area contributed by atoms with Crippen LogP contribution >= 0.6 is 11.8 Å². The van der Waals surface area contributed by atoms with Crippen LogP contribution in [-0.4, -0.2) is 21.2 Å². The summed E-state index contributed by atoms with van der Waals surface area (Å²) in [6.07, 6.45) is 4.26. The van der Waals surface area contributed by atoms with Crippen molar-refractivity contribution in [2.24, 2.45) is 0 Å². The molecule has 1 aromatic heterocycles. The number of ketones is 1. The topological polar surface area (TPSA) is 71.8 Å². The number of carbonyl (C=O) groups is 1. The number of H-pyrrole nitrogens is 1. The molecule has 1 aliphatic heterocycles. The van der Waals surface area contributed by atoms with E-state index in [1.807, 2.05) is 11.5 Å². The fourth-order valence-electron chi connectivity index (χ4n) is 1.22. The first-order valence-electron chi connectivity index (χ1n) is 3.92. The molecule has 0 bridgehead atoms. The van der Waals surface area contributed by atoms with E-state index in [1.54, 1.807) is 0 Å². The van der Waals surface area contributed by atoms with Crippen LogP contribution < -0.4 is 5.73 Å². The van der Waals surface area contributed by atoms with Gasteiger partial charge in [-0.1, -0.05) is 6.08 Å². The largest absolute Gasteiger partial charge is 0.383 e. The molecule has 0 saturated carbocycles. The van der Waals surface area contributed by atoms with Crippen LogP contribution in [0.4, 0.5) is 5.82 Å². The minimum absolute atomic E-state index is 0.0140. The van der Waals surface area contributed by atoms with Crippen molar-refractivity contribution < 1.29 is 4.79 Å². The highest BCUT2D eigenvalue weighted by Crippen LogP contribution is 2.28. The Hall–Kier alpha value is -1.23. The summed E-state index contributed by atoms with van der Waals surface area (Å²) in [6, 6.07) is 0. The van der Waals surface area contributed by atoms with E-state index < -0.39 is 0 Å². The quantitative estimate of drug-likeness (QED) is 0.695. The van der Waals surface area contributed by atoms with Gasteiger partial charge in [0.15, 0.2) is 5.78 Å². The lowest BCUT2D eigenvalue weighted by Gasteiger charge is -2.04. The predicted molar refractivity (Wildman–Crippen MR) is 52.5 cm³/mol. The van der Waals surface area contributed by atoms with E-state index in [9.17, 15) is 4.79 Å². The second-order valence-electron chi connectivity index (χ2n) is 2.79. The number of nitrogens with one attached hydrogen (secondary N) is 1. The van der Waals surface area contributed by atoms with Gasteiger partial charge < -0.3 is 5.73 Å². The van der Waals surface area contributed by atoms with Crippen LogP contribution in [0.15, 0.2) is 17.7 Å². The highest BCUT2D eigenvalue weighted by molar-refractivity contribution is 8.03. The molecule has 1 aromatic rings. The molecule has 0 aliphatic carbocycles. The second kappa shape index (κ2) is 3.26. The Kier molecular flexibility index (Phi) is 2.10. The molecule has 0 amide bonds. The molecule has 68 valence electrons. The zero-order valence-corrected chi connectivity index (χ0v) is 7.67. The molecule has 0 radical (unpaired) electrons. The number of aromatic nitrogens is 2. The fraction of sp³-hybridized carbons (Fsp3) is 0.250. The van der Waals surface area contributed by atoms with Gasteiger partial charge >= 0.3 is 0 Å². The van der Waals surface area contributed by atoms with Crippen LogP contribution in [0.1, 0.15) is 16.8 Å². The molecule has 5 heteroatoms. The monoisotopic (exact) mass is 195 g/mol. The molecule has 2 heterocycles. The summed E-state index contributed by atoms with van der Waals surface area (Å²) in [7, 11) is 0. The van der Waals surface area contributed by atoms with Gasteiger partial charge in [-0.2, -0.15) is 5.10 Å². The van der Waals surface area contributed by atoms with Crippen molar-refractivity contribution in [1.29, 1.82) is 0 Å². The van der Waals surface area contributed by atoms with Crippen molar-refractivity contribution in [2.45, 2.75) is 11.7 Å². The van der Waals surface area contributed by atoms with Crippen LogP contribution in [0.25, 0.3) is 0 Å². The Morgan fingerprint density at radius 2 is 2.62 bits per heavy atom. The van der Waals surface area contributed by atoms with Crippen LogP contribution in [0.3, 0.4) is 0 Å². The van der Waals surface area contributed by atoms with Crippen molar-refractivity contribution in [2.75, 3.05) is 5.73 Å². The molecule has 0 aromatic carbocycles. The average Bonchev–Trinajstić information content (AvgIpc) is 2.72. The Balaban J connectivity index is 2.18. The van der Waals surface area contributed by atoms with Crippen LogP contribution in [0.2, 0.25) is 0 Å². The smallest absolute Gasteiger partial charge is 0.181 e. The molecule has 0 spiro atoms. The molecule has 0 fully saturated rings. The van der Waals surface area contributed by atoms with E-state index in [1.165, 1.54) is 18.0 Å². The number of rotatable bonds is 2. The molecule has 0 saturated heterocycles. The SMILES string of the molecule is Nc1[nH]ncc1C(=O)C1CC=CS1. The summed E-state index contributed by atoms with van der Waals surface area (Å²) in [5.41, 5.74) is 6.04. The van der Waals surface area contributed by atoms with Crippen molar-refractivity contribution in [3.8, 4) is 0 Å². The van der Waals surface area contributed by atoms with Crippen LogP contribution in [0.5, 0.6) is 0 Å². The van der Waals surface area contributed by atoms with E-state index >= 15 is 0 Å². The number of nitrogens with two attached hydrogens (primary N) is 1. The first-order valence-corrected chi connectivity index (χ1v) is 4.87. The van der Waals surface area contributed by atoms with E-state index in [0.717, 1.165) is 6.42 Å². The van der Waals surface area contributed by atoms with Gasteiger partial charge in [0.25, 0.3) is 0 Å². The third kappa shape index (κ3) is 1.47. The molecular formula is C8H9N3OS. The average molecular weight is 195 g/mol. The summed E-state index contributed by atoms with van der Waals surface area (Å²) >= 11 is 1.53. The Labute approximate surface area is 79.6 Å². The fourth-order valence-corrected chi connectivity index (χ4v) is 2.10. The number of nitrogen functional groups attached to an aromatic ring is 1. The number of thioether (sulfide) groups is 1. The highest BCUT2D eigenvalue weighted by atomic mass is 32.2. The van der Waals surface area contributed by atoms with Gasteiger partial charge in [0.2, 0.25) is 0 Å². The zero-order valence-electron chi connectivity index (χ0n) is 6.86. The van der Waals surface area contributed by atoms with E-state index in [2.05, 4.69) is 10.2 Å². The van der Waals surface area contributed by atoms with Gasteiger partial charge in [0.05, 0.1) is 17.0 Å². The van der Waals surface area contributed by atoms with Crippen LogP contribution in [0, 0.1) is 0 Å². The molecular weight excluding hydrogens is 186 g/mol. The van der Waals surface area contributed by atoms with E-state index in [0.29, 0.717) is 11.4 Å². The third-order valence-corrected chi connectivity index (χ3v) is 3.00. The zero-order chi connectivity index (χ0) is 9.26. The van der Waals surface area contributed by atoms with Crippen molar-refractivity contribution in [3.63, 3.8) is 0 Å². The highest BCUT2D eigenvalue weighted by Gasteiger charge is 2.23. The van der Waals surface area contributed by atoms with Crippen molar-refractivity contribution in [1.82, 2.24) is 10.2 Å². The molecule has 1 aliphatic rings. The number of allylic oxidation sites excluding steroid dienone is 1. The summed E-state index contributed by atoms with van der Waals surface area (Å²) in [4.78, 5) is 11.7. The summed E-state index contributed by atoms with van der Waals surface area (Å²) in [5, 5.41) is 8.19. The summed E-state index contributed by atoms with van der Waals surface area (Å²) in [6.45, 7) is 0. The second-order valence-corrected chi connectivity index (χ2v) is 3.91. The third-order valence-electron chi connectivity index (χ3n) is 1.92. The van der Waals surface area contributed by atoms with Gasteiger partial charge in [-0.05, 0) is 11.8 Å². The van der Waals surface area contributed by atoms with Gasteiger partial charge in [-0.15, -0.1) is 11.8 Å². The Bertz CT molecular complexity index is 350. The van der Waals surface area contributed by atoms with Gasteiger partial charge in [0.1, 0.15) is 5.82 Å². The molecule has 1 atom stereocenters. The number of carbonyl (C=O) groups excluding carboxylic acids is 1. The van der Waals surface area contributed by atoms with Crippen molar-refractivity contribution >= 4 is 23.4 Å². The number of aromatic amines is 1. The molecule has 2 rings (SSSR count). The lowest BCUT2D eigenvalue weighted by molar-refractivity contribution is 0.0991. The van der Waals surface area contributed by atoms with E-state index in [-0.39, 0.29) is 11.0 Å². The minimum atomic E-state index is -0.0140. The van der Waals surface area contributed by atoms with Crippen LogP contribution in [-0.2, 0) is 0 Å². The first-order chi connectivity index (χ1) is 6.29. The van der Waals surface area contributed by atoms with Gasteiger partial charge in [-0.25, -0.2) is 0 Å². The van der Waals surface area contributed by atoms with Gasteiger partial charge in [-0.3, -0.25) is 9.89 Å². The summed E-state index contributed by atoms with van der Waals surface area (Å²) < 4.78 is 0. The minimum Gasteiger partial charge on any atom is -0.383 e. The van der Waals surface area contributed by atoms with Gasteiger partial charge in [0, 0.05) is 0 Å². The molecule has 3 N–H and O–H groups in total. The Morgan fingerprint density at radius 3 is 3.15 bits per heavy atom. The lowest BCUT2D eigenvalue weighted by atomic mass is 10.1. The van der Waals surface area contributed by atoms with E-state index in [4.69, 9.17) is 5.73 Å². The summed E-state index contributed by atoms with van der Waals surface area (Å²) in [5.74, 6) is 0.416. The molecule has 13 heavy (non-hydrogen) atoms. The standard InChI is InChI=1S/C8H9N3OS/c9-8-5(4-10-11-8)7(12)6-2-1-3-13-6/h1,3-4,6H,2H2,(H3,9,10,11). The number of hydrogen-bond acceptors (Lipinski definition) is 4. The predicted octanol–water partition coefficient (Wildman–Crippen LogP) is 1.19. The maximum absolute atomic E-state index is 11.7. The molecule has 1 unspecified atom stereocenters. The maximum atomic E-state index is 11.7. The first kappa shape index (κ1) is 8.37. The number of Topliss-reactive ketones (excluding diaryl/α,β-unsaturated/α-hetero) is 1. The number of hydrogen-bond donors (Lipinski definition) is 2. The number of anilines is 1. The molecule has 4 nitrogen and oxygen atoms in total. The Morgan fingerprint density at radius 1 is 1.77 bits per heavy atom. The van der Waals surface area contributed by atoms with Crippen molar-refractivity contribution in [3.05, 3.63) is 23.2 Å². The lowest BCUT2D eigenvalue weighted by Crippen LogP contribution is -2.15.